The molecule has 0 atom stereocenters. The van der Waals surface area contributed by atoms with E-state index in [1.54, 1.807) is 12.1 Å². The summed E-state index contributed by atoms with van der Waals surface area (Å²) in [6.07, 6.45) is 0. The van der Waals surface area contributed by atoms with Crippen molar-refractivity contribution in [2.24, 2.45) is 0 Å². The number of hydrogen-bond acceptors (Lipinski definition) is 2. The molecule has 0 amide bonds. The third kappa shape index (κ3) is 3.04. The minimum Gasteiger partial charge on any atom is -0.508 e. The Bertz CT molecular complexity index is 518. The van der Waals surface area contributed by atoms with Crippen LogP contribution in [-0.4, -0.2) is 5.11 Å². The first-order chi connectivity index (χ1) is 8.66. The molecule has 2 heteroatoms. The molecule has 0 saturated carbocycles. The topological polar surface area (TPSA) is 29.5 Å². The van der Waals surface area contributed by atoms with E-state index in [0.29, 0.717) is 12.5 Å². The summed E-state index contributed by atoms with van der Waals surface area (Å²) >= 11 is 0. The number of benzene rings is 2. The van der Waals surface area contributed by atoms with Gasteiger partial charge in [0.25, 0.3) is 0 Å². The van der Waals surface area contributed by atoms with Gasteiger partial charge in [0, 0.05) is 0 Å². The number of ether oxygens (including phenoxy) is 1. The van der Waals surface area contributed by atoms with Crippen molar-refractivity contribution in [3.63, 3.8) is 0 Å². The molecule has 2 rings (SSSR count). The summed E-state index contributed by atoms with van der Waals surface area (Å²) in [5.41, 5.74) is 2.17. The predicted molar refractivity (Wildman–Crippen MR) is 73.0 cm³/mol. The molecule has 0 aliphatic carbocycles. The van der Waals surface area contributed by atoms with Crippen molar-refractivity contribution >= 4 is 0 Å². The van der Waals surface area contributed by atoms with Crippen LogP contribution in [0.15, 0.2) is 48.5 Å². The van der Waals surface area contributed by atoms with Crippen LogP contribution >= 0.6 is 0 Å². The first kappa shape index (κ1) is 12.5. The van der Waals surface area contributed by atoms with Gasteiger partial charge >= 0.3 is 0 Å². The predicted octanol–water partition coefficient (Wildman–Crippen LogP) is 4.09. The van der Waals surface area contributed by atoms with Gasteiger partial charge in [-0.2, -0.15) is 0 Å². The van der Waals surface area contributed by atoms with Crippen molar-refractivity contribution in [1.82, 2.24) is 0 Å². The molecule has 0 saturated heterocycles. The second kappa shape index (κ2) is 5.58. The zero-order valence-corrected chi connectivity index (χ0v) is 10.8. The van der Waals surface area contributed by atoms with Crippen molar-refractivity contribution in [3.05, 3.63) is 59.7 Å². The van der Waals surface area contributed by atoms with Crippen LogP contribution in [0.4, 0.5) is 0 Å². The summed E-state index contributed by atoms with van der Waals surface area (Å²) in [6.45, 7) is 4.77. The van der Waals surface area contributed by atoms with E-state index in [0.717, 1.165) is 11.3 Å². The number of aromatic hydroxyl groups is 1. The molecule has 94 valence electrons. The Hall–Kier alpha value is -1.96. The molecule has 0 radical (unpaired) electrons. The molecule has 0 unspecified atom stereocenters. The SMILES string of the molecule is CC(C)c1ccccc1OCc1cccc(O)c1. The zero-order valence-electron chi connectivity index (χ0n) is 10.8. The molecule has 2 aromatic carbocycles. The van der Waals surface area contributed by atoms with E-state index in [2.05, 4.69) is 19.9 Å². The molecule has 0 aromatic heterocycles. The summed E-state index contributed by atoms with van der Waals surface area (Å²) in [5, 5.41) is 9.40. The van der Waals surface area contributed by atoms with Gasteiger partial charge in [-0.05, 0) is 35.2 Å². The van der Waals surface area contributed by atoms with Crippen LogP contribution in [0.5, 0.6) is 11.5 Å². The molecule has 0 fully saturated rings. The van der Waals surface area contributed by atoms with Crippen LogP contribution in [0.25, 0.3) is 0 Å². The van der Waals surface area contributed by atoms with Gasteiger partial charge in [0.15, 0.2) is 0 Å². The summed E-state index contributed by atoms with van der Waals surface area (Å²) < 4.78 is 5.83. The zero-order chi connectivity index (χ0) is 13.0. The highest BCUT2D eigenvalue weighted by Crippen LogP contribution is 2.26. The molecule has 0 aliphatic rings. The van der Waals surface area contributed by atoms with Crippen LogP contribution in [0.2, 0.25) is 0 Å². The molecule has 18 heavy (non-hydrogen) atoms. The molecule has 2 nitrogen and oxygen atoms in total. The van der Waals surface area contributed by atoms with Gasteiger partial charge < -0.3 is 9.84 Å². The Labute approximate surface area is 108 Å². The highest BCUT2D eigenvalue weighted by Gasteiger charge is 2.06. The first-order valence-corrected chi connectivity index (χ1v) is 6.16. The van der Waals surface area contributed by atoms with E-state index in [4.69, 9.17) is 4.74 Å². The van der Waals surface area contributed by atoms with E-state index in [-0.39, 0.29) is 5.75 Å². The van der Waals surface area contributed by atoms with Crippen LogP contribution in [-0.2, 0) is 6.61 Å². The number of phenols is 1. The van der Waals surface area contributed by atoms with Gasteiger partial charge in [-0.25, -0.2) is 0 Å². The number of hydrogen-bond donors (Lipinski definition) is 1. The van der Waals surface area contributed by atoms with Crippen LogP contribution in [0.3, 0.4) is 0 Å². The summed E-state index contributed by atoms with van der Waals surface area (Å²) in [6, 6.07) is 15.2. The van der Waals surface area contributed by atoms with Crippen LogP contribution < -0.4 is 4.74 Å². The first-order valence-electron chi connectivity index (χ1n) is 6.16. The Kier molecular flexibility index (Phi) is 3.88. The largest absolute Gasteiger partial charge is 0.508 e. The maximum absolute atomic E-state index is 9.40. The fourth-order valence-electron chi connectivity index (χ4n) is 1.90. The van der Waals surface area contributed by atoms with Gasteiger partial charge in [0.05, 0.1) is 0 Å². The van der Waals surface area contributed by atoms with E-state index in [9.17, 15) is 5.11 Å². The fourth-order valence-corrected chi connectivity index (χ4v) is 1.90. The number of rotatable bonds is 4. The highest BCUT2D eigenvalue weighted by molar-refractivity contribution is 5.36. The van der Waals surface area contributed by atoms with Gasteiger partial charge in [-0.1, -0.05) is 44.2 Å². The third-order valence-corrected chi connectivity index (χ3v) is 2.85. The second-order valence-corrected chi connectivity index (χ2v) is 4.65. The van der Waals surface area contributed by atoms with Gasteiger partial charge in [-0.3, -0.25) is 0 Å². The third-order valence-electron chi connectivity index (χ3n) is 2.85. The van der Waals surface area contributed by atoms with Gasteiger partial charge in [-0.15, -0.1) is 0 Å². The molecule has 2 aromatic rings. The highest BCUT2D eigenvalue weighted by atomic mass is 16.5. The van der Waals surface area contributed by atoms with Crippen molar-refractivity contribution in [3.8, 4) is 11.5 Å². The summed E-state index contributed by atoms with van der Waals surface area (Å²) in [4.78, 5) is 0. The lowest BCUT2D eigenvalue weighted by molar-refractivity contribution is 0.301. The molecule has 1 N–H and O–H groups in total. The Balaban J connectivity index is 2.11. The average molecular weight is 242 g/mol. The normalized spacial score (nSPS) is 10.6. The smallest absolute Gasteiger partial charge is 0.123 e. The second-order valence-electron chi connectivity index (χ2n) is 4.65. The van der Waals surface area contributed by atoms with Crippen molar-refractivity contribution in [1.29, 1.82) is 0 Å². The standard InChI is InChI=1S/C16H18O2/c1-12(2)15-8-3-4-9-16(15)18-11-13-6-5-7-14(17)10-13/h3-10,12,17H,11H2,1-2H3. The monoisotopic (exact) mass is 242 g/mol. The quantitative estimate of drug-likeness (QED) is 0.874. The summed E-state index contributed by atoms with van der Waals surface area (Å²) in [7, 11) is 0. The molecule has 0 spiro atoms. The van der Waals surface area contributed by atoms with Crippen molar-refractivity contribution < 1.29 is 9.84 Å². The van der Waals surface area contributed by atoms with E-state index >= 15 is 0 Å². The molecular weight excluding hydrogens is 224 g/mol. The van der Waals surface area contributed by atoms with Crippen LogP contribution in [0.1, 0.15) is 30.9 Å². The maximum Gasteiger partial charge on any atom is 0.123 e. The summed E-state index contributed by atoms with van der Waals surface area (Å²) in [5.74, 6) is 1.62. The lowest BCUT2D eigenvalue weighted by Crippen LogP contribution is -1.99. The maximum atomic E-state index is 9.40. The lowest BCUT2D eigenvalue weighted by Gasteiger charge is -2.13. The molecular formula is C16H18O2. The Morgan fingerprint density at radius 1 is 1.06 bits per heavy atom. The molecule has 0 bridgehead atoms. The Morgan fingerprint density at radius 3 is 2.56 bits per heavy atom. The minimum absolute atomic E-state index is 0.272. The van der Waals surface area contributed by atoms with Gasteiger partial charge in [0.1, 0.15) is 18.1 Å². The van der Waals surface area contributed by atoms with Crippen molar-refractivity contribution in [2.75, 3.05) is 0 Å². The van der Waals surface area contributed by atoms with Gasteiger partial charge in [0.2, 0.25) is 0 Å². The van der Waals surface area contributed by atoms with Crippen LogP contribution in [0, 0.1) is 0 Å². The number of para-hydroxylation sites is 1. The van der Waals surface area contributed by atoms with E-state index in [1.165, 1.54) is 5.56 Å². The van der Waals surface area contributed by atoms with E-state index < -0.39 is 0 Å². The fraction of sp³-hybridized carbons (Fsp3) is 0.250. The Morgan fingerprint density at radius 2 is 1.83 bits per heavy atom. The van der Waals surface area contributed by atoms with Crippen molar-refractivity contribution in [2.45, 2.75) is 26.4 Å². The molecule has 0 aliphatic heterocycles. The minimum atomic E-state index is 0.272. The lowest BCUT2D eigenvalue weighted by atomic mass is 10.0. The van der Waals surface area contributed by atoms with E-state index in [1.807, 2.05) is 30.3 Å². The molecule has 0 heterocycles. The average Bonchev–Trinajstić information content (AvgIpc) is 2.37. The number of phenolic OH excluding ortho intramolecular Hbond substituents is 1.